The molecule has 2 unspecified atom stereocenters. The molecule has 0 saturated heterocycles. The zero-order chi connectivity index (χ0) is 14.4. The zero-order valence-electron chi connectivity index (χ0n) is 11.4. The summed E-state index contributed by atoms with van der Waals surface area (Å²) in [5, 5.41) is 13.4. The fourth-order valence-corrected chi connectivity index (χ4v) is 1.85. The van der Waals surface area contributed by atoms with Crippen molar-refractivity contribution >= 4 is 5.97 Å². The molecular formula is C14H20FNO3. The highest BCUT2D eigenvalue weighted by Crippen LogP contribution is 2.20. The lowest BCUT2D eigenvalue weighted by Gasteiger charge is -2.25. The van der Waals surface area contributed by atoms with Crippen LogP contribution in [-0.2, 0) is 9.53 Å². The van der Waals surface area contributed by atoms with E-state index in [4.69, 9.17) is 0 Å². The molecule has 0 amide bonds. The third-order valence-corrected chi connectivity index (χ3v) is 2.75. The lowest BCUT2D eigenvalue weighted by molar-refractivity contribution is -0.142. The van der Waals surface area contributed by atoms with Crippen molar-refractivity contribution in [3.05, 3.63) is 35.6 Å². The summed E-state index contributed by atoms with van der Waals surface area (Å²) in [5.74, 6) is -0.767. The van der Waals surface area contributed by atoms with Crippen molar-refractivity contribution in [2.24, 2.45) is 0 Å². The predicted molar refractivity (Wildman–Crippen MR) is 70.1 cm³/mol. The number of ether oxygens (including phenoxy) is 1. The van der Waals surface area contributed by atoms with Crippen molar-refractivity contribution in [3.63, 3.8) is 0 Å². The molecule has 2 atom stereocenters. The van der Waals surface area contributed by atoms with E-state index in [0.29, 0.717) is 5.56 Å². The zero-order valence-corrected chi connectivity index (χ0v) is 11.4. The predicted octanol–water partition coefficient (Wildman–Crippen LogP) is 1.79. The largest absolute Gasteiger partial charge is 0.469 e. The van der Waals surface area contributed by atoms with E-state index in [9.17, 15) is 14.3 Å². The topological polar surface area (TPSA) is 58.6 Å². The highest BCUT2D eigenvalue weighted by molar-refractivity contribution is 5.70. The van der Waals surface area contributed by atoms with E-state index in [1.165, 1.54) is 31.4 Å². The van der Waals surface area contributed by atoms with Gasteiger partial charge in [-0.25, -0.2) is 4.39 Å². The van der Waals surface area contributed by atoms with Crippen LogP contribution in [0.3, 0.4) is 0 Å². The summed E-state index contributed by atoms with van der Waals surface area (Å²) in [4.78, 5) is 11.4. The van der Waals surface area contributed by atoms with Gasteiger partial charge in [-0.2, -0.15) is 0 Å². The van der Waals surface area contributed by atoms with Crippen LogP contribution in [0, 0.1) is 5.82 Å². The Balaban J connectivity index is 2.83. The van der Waals surface area contributed by atoms with Gasteiger partial charge in [-0.15, -0.1) is 0 Å². The monoisotopic (exact) mass is 269 g/mol. The van der Waals surface area contributed by atoms with E-state index < -0.39 is 18.1 Å². The van der Waals surface area contributed by atoms with Gasteiger partial charge in [-0.1, -0.05) is 26.0 Å². The molecule has 0 saturated carbocycles. The molecule has 2 N–H and O–H groups in total. The van der Waals surface area contributed by atoms with Gasteiger partial charge >= 0.3 is 5.97 Å². The molecule has 106 valence electrons. The lowest BCUT2D eigenvalue weighted by Crippen LogP contribution is -2.41. The van der Waals surface area contributed by atoms with Gasteiger partial charge in [0.1, 0.15) is 5.82 Å². The minimum absolute atomic E-state index is 0.0488. The Bertz CT molecular complexity index is 406. The molecule has 0 aliphatic carbocycles. The van der Waals surface area contributed by atoms with Crippen molar-refractivity contribution in [2.75, 3.05) is 7.11 Å². The number of carbonyl (C=O) groups excluding carboxylic acids is 1. The van der Waals surface area contributed by atoms with Crippen LogP contribution in [0.25, 0.3) is 0 Å². The van der Waals surface area contributed by atoms with Gasteiger partial charge in [0.15, 0.2) is 0 Å². The molecular weight excluding hydrogens is 249 g/mol. The fourth-order valence-electron chi connectivity index (χ4n) is 1.85. The maximum Gasteiger partial charge on any atom is 0.307 e. The molecule has 0 spiro atoms. The molecule has 0 heterocycles. The van der Waals surface area contributed by atoms with E-state index in [0.717, 1.165) is 0 Å². The maximum atomic E-state index is 12.9. The molecule has 0 aromatic heterocycles. The summed E-state index contributed by atoms with van der Waals surface area (Å²) >= 11 is 0. The van der Waals surface area contributed by atoms with Crippen LogP contribution in [0.1, 0.15) is 31.9 Å². The first kappa shape index (κ1) is 15.6. The number of rotatable bonds is 6. The summed E-state index contributed by atoms with van der Waals surface area (Å²) in [6.07, 6.45) is -0.852. The highest BCUT2D eigenvalue weighted by Gasteiger charge is 2.24. The van der Waals surface area contributed by atoms with Gasteiger partial charge in [0, 0.05) is 12.1 Å². The van der Waals surface area contributed by atoms with Gasteiger partial charge in [0.2, 0.25) is 0 Å². The molecule has 1 aromatic rings. The third kappa shape index (κ3) is 4.96. The van der Waals surface area contributed by atoms with E-state index in [-0.39, 0.29) is 18.3 Å². The van der Waals surface area contributed by atoms with Crippen LogP contribution >= 0.6 is 0 Å². The van der Waals surface area contributed by atoms with Crippen molar-refractivity contribution in [1.29, 1.82) is 0 Å². The van der Waals surface area contributed by atoms with Crippen LogP contribution in [0.5, 0.6) is 0 Å². The average Bonchev–Trinajstić information content (AvgIpc) is 2.37. The molecule has 1 aromatic carbocycles. The molecule has 0 radical (unpaired) electrons. The van der Waals surface area contributed by atoms with Crippen LogP contribution in [-0.4, -0.2) is 30.3 Å². The SMILES string of the molecule is COC(=O)CC(NC(C)C)C(O)c1ccc(F)cc1. The Labute approximate surface area is 112 Å². The first-order chi connectivity index (χ1) is 8.93. The summed E-state index contributed by atoms with van der Waals surface area (Å²) in [5.41, 5.74) is 0.559. The number of benzene rings is 1. The van der Waals surface area contributed by atoms with Gasteiger partial charge in [0.25, 0.3) is 0 Å². The van der Waals surface area contributed by atoms with Crippen molar-refractivity contribution in [1.82, 2.24) is 5.32 Å². The van der Waals surface area contributed by atoms with Crippen molar-refractivity contribution in [3.8, 4) is 0 Å². The number of aliphatic hydroxyl groups is 1. The minimum atomic E-state index is -0.901. The van der Waals surface area contributed by atoms with Crippen LogP contribution < -0.4 is 5.32 Å². The number of hydrogen-bond acceptors (Lipinski definition) is 4. The first-order valence-corrected chi connectivity index (χ1v) is 6.20. The molecule has 0 aliphatic heterocycles. The van der Waals surface area contributed by atoms with Gasteiger partial charge in [-0.05, 0) is 17.7 Å². The van der Waals surface area contributed by atoms with Gasteiger partial charge in [0.05, 0.1) is 19.6 Å². The average molecular weight is 269 g/mol. The van der Waals surface area contributed by atoms with Crippen molar-refractivity contribution in [2.45, 2.75) is 38.5 Å². The number of hydrogen-bond donors (Lipinski definition) is 2. The first-order valence-electron chi connectivity index (χ1n) is 6.20. The van der Waals surface area contributed by atoms with Crippen LogP contribution in [0.2, 0.25) is 0 Å². The highest BCUT2D eigenvalue weighted by atomic mass is 19.1. The smallest absolute Gasteiger partial charge is 0.307 e. The summed E-state index contributed by atoms with van der Waals surface area (Å²) in [7, 11) is 1.30. The second-order valence-electron chi connectivity index (χ2n) is 4.70. The normalized spacial score (nSPS) is 14.2. The number of nitrogens with one attached hydrogen (secondary N) is 1. The van der Waals surface area contributed by atoms with Crippen molar-refractivity contribution < 1.29 is 19.0 Å². The quantitative estimate of drug-likeness (QED) is 0.773. The van der Waals surface area contributed by atoms with E-state index in [1.54, 1.807) is 0 Å². The Morgan fingerprint density at radius 2 is 1.95 bits per heavy atom. The van der Waals surface area contributed by atoms with Crippen LogP contribution in [0.15, 0.2) is 24.3 Å². The maximum absolute atomic E-state index is 12.9. The number of methoxy groups -OCH3 is 1. The molecule has 5 heteroatoms. The van der Waals surface area contributed by atoms with Gasteiger partial charge < -0.3 is 15.2 Å². The number of halogens is 1. The Hall–Kier alpha value is -1.46. The molecule has 0 aliphatic rings. The standard InChI is InChI=1S/C14H20FNO3/c1-9(2)16-12(8-13(17)19-3)14(18)10-4-6-11(15)7-5-10/h4-7,9,12,14,16,18H,8H2,1-3H3. The Morgan fingerprint density at radius 3 is 2.42 bits per heavy atom. The van der Waals surface area contributed by atoms with Crippen LogP contribution in [0.4, 0.5) is 4.39 Å². The Morgan fingerprint density at radius 1 is 1.37 bits per heavy atom. The Kier molecular flexibility index (Phi) is 5.92. The molecule has 1 rings (SSSR count). The van der Waals surface area contributed by atoms with E-state index in [2.05, 4.69) is 10.1 Å². The van der Waals surface area contributed by atoms with Gasteiger partial charge in [-0.3, -0.25) is 4.79 Å². The number of esters is 1. The molecule has 19 heavy (non-hydrogen) atoms. The summed E-state index contributed by atoms with van der Waals surface area (Å²) in [6, 6.07) is 5.20. The molecule has 0 bridgehead atoms. The second-order valence-corrected chi connectivity index (χ2v) is 4.70. The third-order valence-electron chi connectivity index (χ3n) is 2.75. The van der Waals surface area contributed by atoms with E-state index in [1.807, 2.05) is 13.8 Å². The number of carbonyl (C=O) groups is 1. The molecule has 0 fully saturated rings. The number of aliphatic hydroxyl groups excluding tert-OH is 1. The summed E-state index contributed by atoms with van der Waals surface area (Å²) in [6.45, 7) is 3.84. The molecule has 4 nitrogen and oxygen atoms in total. The second kappa shape index (κ2) is 7.21. The fraction of sp³-hybridized carbons (Fsp3) is 0.500. The van der Waals surface area contributed by atoms with E-state index >= 15 is 0 Å². The summed E-state index contributed by atoms with van der Waals surface area (Å²) < 4.78 is 17.5. The lowest BCUT2D eigenvalue weighted by atomic mass is 9.99. The minimum Gasteiger partial charge on any atom is -0.469 e.